The molecular weight excluding hydrogens is 517 g/mol. The zero-order valence-electron chi connectivity index (χ0n) is 18.2. The van der Waals surface area contributed by atoms with Crippen molar-refractivity contribution < 1.29 is 9.47 Å². The Labute approximate surface area is 199 Å². The highest BCUT2D eigenvalue weighted by Gasteiger charge is 2.15. The third-order valence-electron chi connectivity index (χ3n) is 5.30. The Bertz CT molecular complexity index is 1410. The molecule has 1 aromatic heterocycles. The van der Waals surface area contributed by atoms with Gasteiger partial charge < -0.3 is 9.47 Å². The minimum atomic E-state index is -0.238. The number of aromatic nitrogens is 2. The molecule has 4 aromatic rings. The number of aryl methyl sites for hydroxylation is 2. The molecule has 0 spiro atoms. The first-order chi connectivity index (χ1) is 15.4. The van der Waals surface area contributed by atoms with Crippen molar-refractivity contribution in [2.45, 2.75) is 13.8 Å². The van der Waals surface area contributed by atoms with Crippen LogP contribution in [-0.4, -0.2) is 30.1 Å². The molecule has 0 aliphatic carbocycles. The minimum absolute atomic E-state index is 0.238. The first-order valence-electron chi connectivity index (χ1n) is 9.97. The van der Waals surface area contributed by atoms with Gasteiger partial charge in [-0.2, -0.15) is 9.78 Å². The molecule has 162 valence electrons. The highest BCUT2D eigenvalue weighted by atomic mass is 127. The largest absolute Gasteiger partial charge is 0.493 e. The van der Waals surface area contributed by atoms with Crippen LogP contribution in [0.25, 0.3) is 22.3 Å². The number of benzene rings is 3. The van der Waals surface area contributed by atoms with Gasteiger partial charge in [0, 0.05) is 9.13 Å². The number of methoxy groups -OCH3 is 2. The lowest BCUT2D eigenvalue weighted by molar-refractivity contribution is 0.355. The van der Waals surface area contributed by atoms with Crippen LogP contribution >= 0.6 is 22.6 Å². The Morgan fingerprint density at radius 1 is 0.938 bits per heavy atom. The van der Waals surface area contributed by atoms with E-state index in [0.29, 0.717) is 33.8 Å². The van der Waals surface area contributed by atoms with Gasteiger partial charge in [0.2, 0.25) is 0 Å². The van der Waals surface area contributed by atoms with Gasteiger partial charge in [0.1, 0.15) is 0 Å². The van der Waals surface area contributed by atoms with E-state index in [2.05, 4.69) is 34.6 Å². The van der Waals surface area contributed by atoms with Crippen molar-refractivity contribution in [3.63, 3.8) is 0 Å². The van der Waals surface area contributed by atoms with Crippen LogP contribution < -0.4 is 15.0 Å². The van der Waals surface area contributed by atoms with Gasteiger partial charge >= 0.3 is 0 Å². The van der Waals surface area contributed by atoms with Gasteiger partial charge in [-0.25, -0.2) is 4.98 Å². The highest BCUT2D eigenvalue weighted by Crippen LogP contribution is 2.32. The number of halogens is 1. The van der Waals surface area contributed by atoms with Crippen LogP contribution in [0.4, 0.5) is 0 Å². The van der Waals surface area contributed by atoms with Crippen molar-refractivity contribution in [3.8, 4) is 22.9 Å². The fourth-order valence-electron chi connectivity index (χ4n) is 3.39. The number of fused-ring (bicyclic) bond motifs is 1. The van der Waals surface area contributed by atoms with Crippen LogP contribution in [0.15, 0.2) is 64.5 Å². The van der Waals surface area contributed by atoms with Gasteiger partial charge in [-0.05, 0) is 89.5 Å². The molecule has 0 saturated carbocycles. The lowest BCUT2D eigenvalue weighted by atomic mass is 10.1. The molecule has 0 bridgehead atoms. The Morgan fingerprint density at radius 2 is 1.72 bits per heavy atom. The van der Waals surface area contributed by atoms with E-state index in [0.717, 1.165) is 14.7 Å². The van der Waals surface area contributed by atoms with E-state index in [1.807, 2.05) is 49.4 Å². The average Bonchev–Trinajstić information content (AvgIpc) is 2.80. The molecule has 1 heterocycles. The maximum Gasteiger partial charge on any atom is 0.282 e. The number of rotatable bonds is 5. The molecule has 0 fully saturated rings. The summed E-state index contributed by atoms with van der Waals surface area (Å²) < 4.78 is 13.1. The summed E-state index contributed by atoms with van der Waals surface area (Å²) in [6.07, 6.45) is 1.68. The Balaban J connectivity index is 1.95. The quantitative estimate of drug-likeness (QED) is 0.259. The molecule has 0 aliphatic rings. The zero-order chi connectivity index (χ0) is 22.8. The summed E-state index contributed by atoms with van der Waals surface area (Å²) >= 11 is 2.19. The lowest BCUT2D eigenvalue weighted by Gasteiger charge is -2.12. The fourth-order valence-corrected chi connectivity index (χ4v) is 3.88. The van der Waals surface area contributed by atoms with Crippen molar-refractivity contribution in [3.05, 3.63) is 85.2 Å². The van der Waals surface area contributed by atoms with Crippen LogP contribution in [-0.2, 0) is 0 Å². The third kappa shape index (κ3) is 4.25. The molecule has 0 amide bonds. The molecule has 7 heteroatoms. The number of ether oxygens (including phenoxy) is 2. The summed E-state index contributed by atoms with van der Waals surface area (Å²) in [5, 5.41) is 5.06. The topological polar surface area (TPSA) is 65.7 Å². The van der Waals surface area contributed by atoms with Crippen molar-refractivity contribution in [2.24, 2.45) is 5.10 Å². The lowest BCUT2D eigenvalue weighted by Crippen LogP contribution is -2.20. The predicted molar refractivity (Wildman–Crippen MR) is 136 cm³/mol. The SMILES string of the molecule is COc1ccc(-c2nc3ccc(I)cc3c(=O)n2N=Cc2ccc(C)c(C)c2)cc1OC. The normalized spacial score (nSPS) is 11.3. The zero-order valence-corrected chi connectivity index (χ0v) is 20.4. The fraction of sp³-hybridized carbons (Fsp3) is 0.160. The van der Waals surface area contributed by atoms with Crippen molar-refractivity contribution >= 4 is 39.7 Å². The monoisotopic (exact) mass is 539 g/mol. The summed E-state index contributed by atoms with van der Waals surface area (Å²) in [7, 11) is 3.15. The molecule has 0 unspecified atom stereocenters. The van der Waals surface area contributed by atoms with E-state index in [-0.39, 0.29) is 5.56 Å². The average molecular weight is 539 g/mol. The van der Waals surface area contributed by atoms with Gasteiger partial charge in [0.05, 0.1) is 31.3 Å². The number of hydrogen-bond donors (Lipinski definition) is 0. The second-order valence-corrected chi connectivity index (χ2v) is 8.62. The molecule has 6 nitrogen and oxygen atoms in total. The summed E-state index contributed by atoms with van der Waals surface area (Å²) in [4.78, 5) is 18.2. The summed E-state index contributed by atoms with van der Waals surface area (Å²) in [6.45, 7) is 4.11. The Morgan fingerprint density at radius 3 is 2.44 bits per heavy atom. The predicted octanol–water partition coefficient (Wildman–Crippen LogP) is 5.18. The van der Waals surface area contributed by atoms with E-state index in [1.54, 1.807) is 32.6 Å². The van der Waals surface area contributed by atoms with Crippen LogP contribution in [0.1, 0.15) is 16.7 Å². The second-order valence-electron chi connectivity index (χ2n) is 7.37. The molecule has 0 aliphatic heterocycles. The van der Waals surface area contributed by atoms with Crippen LogP contribution in [0, 0.1) is 17.4 Å². The smallest absolute Gasteiger partial charge is 0.282 e. The molecule has 0 saturated heterocycles. The van der Waals surface area contributed by atoms with E-state index in [4.69, 9.17) is 14.5 Å². The van der Waals surface area contributed by atoms with E-state index >= 15 is 0 Å². The van der Waals surface area contributed by atoms with Gasteiger partial charge in [-0.1, -0.05) is 18.2 Å². The first-order valence-corrected chi connectivity index (χ1v) is 11.1. The molecule has 0 radical (unpaired) electrons. The molecule has 0 atom stereocenters. The molecule has 0 N–H and O–H groups in total. The third-order valence-corrected chi connectivity index (χ3v) is 5.97. The van der Waals surface area contributed by atoms with Gasteiger partial charge in [-0.3, -0.25) is 4.79 Å². The molecule has 4 rings (SSSR count). The maximum absolute atomic E-state index is 13.4. The summed E-state index contributed by atoms with van der Waals surface area (Å²) in [5.74, 6) is 1.57. The van der Waals surface area contributed by atoms with Gasteiger partial charge in [0.25, 0.3) is 5.56 Å². The van der Waals surface area contributed by atoms with Crippen molar-refractivity contribution in [1.29, 1.82) is 0 Å². The van der Waals surface area contributed by atoms with Crippen LogP contribution in [0.3, 0.4) is 0 Å². The van der Waals surface area contributed by atoms with E-state index in [9.17, 15) is 4.79 Å². The summed E-state index contributed by atoms with van der Waals surface area (Å²) in [5.41, 5.74) is 4.33. The maximum atomic E-state index is 13.4. The van der Waals surface area contributed by atoms with Crippen molar-refractivity contribution in [2.75, 3.05) is 14.2 Å². The molecule has 32 heavy (non-hydrogen) atoms. The van der Waals surface area contributed by atoms with Crippen LogP contribution in [0.2, 0.25) is 0 Å². The Kier molecular flexibility index (Phi) is 6.27. The van der Waals surface area contributed by atoms with E-state index in [1.165, 1.54) is 10.2 Å². The van der Waals surface area contributed by atoms with Crippen LogP contribution in [0.5, 0.6) is 11.5 Å². The van der Waals surface area contributed by atoms with Gasteiger partial charge in [0.15, 0.2) is 17.3 Å². The minimum Gasteiger partial charge on any atom is -0.493 e. The number of nitrogens with zero attached hydrogens (tertiary/aromatic N) is 3. The standard InChI is InChI=1S/C25H22IN3O3/c1-15-5-6-17(11-16(15)2)14-27-29-24(18-7-10-22(31-3)23(12-18)32-4)28-21-9-8-19(26)13-20(21)25(29)30/h5-14H,1-4H3. The first kappa shape index (κ1) is 22.0. The summed E-state index contributed by atoms with van der Waals surface area (Å²) in [6, 6.07) is 17.1. The number of hydrogen-bond acceptors (Lipinski definition) is 5. The van der Waals surface area contributed by atoms with Gasteiger partial charge in [-0.15, -0.1) is 0 Å². The highest BCUT2D eigenvalue weighted by molar-refractivity contribution is 14.1. The Hall–Kier alpha value is -3.20. The van der Waals surface area contributed by atoms with E-state index < -0.39 is 0 Å². The molecule has 3 aromatic carbocycles. The second kappa shape index (κ2) is 9.12. The van der Waals surface area contributed by atoms with Crippen molar-refractivity contribution in [1.82, 2.24) is 9.66 Å². The molecular formula is C25H22IN3O3.